The highest BCUT2D eigenvalue weighted by molar-refractivity contribution is 5.53. The van der Waals surface area contributed by atoms with Crippen LogP contribution in [0.1, 0.15) is 5.89 Å². The minimum atomic E-state index is 0.244. The molecule has 2 atom stereocenters. The number of hydrogen-bond acceptors (Lipinski definition) is 7. The number of aliphatic hydroxyl groups is 1. The maximum absolute atomic E-state index is 9.84. The predicted molar refractivity (Wildman–Crippen MR) is 103 cm³/mol. The van der Waals surface area contributed by atoms with Crippen LogP contribution in [0.5, 0.6) is 0 Å². The largest absolute Gasteiger partial charge is 0.396 e. The van der Waals surface area contributed by atoms with Gasteiger partial charge in [0.05, 0.1) is 6.54 Å². The summed E-state index contributed by atoms with van der Waals surface area (Å²) in [6.07, 6.45) is 0. The van der Waals surface area contributed by atoms with Crippen molar-refractivity contribution < 1.29 is 9.63 Å². The number of nitrogens with zero attached hydrogens (tertiary/aromatic N) is 5. The second kappa shape index (κ2) is 8.48. The highest BCUT2D eigenvalue weighted by Gasteiger charge is 2.34. The first-order valence-electron chi connectivity index (χ1n) is 9.83. The second-order valence-corrected chi connectivity index (χ2v) is 7.88. The molecule has 0 amide bonds. The van der Waals surface area contributed by atoms with Crippen LogP contribution >= 0.6 is 0 Å². The van der Waals surface area contributed by atoms with Crippen molar-refractivity contribution >= 4 is 0 Å². The third-order valence-electron chi connectivity index (χ3n) is 5.83. The first-order chi connectivity index (χ1) is 13.2. The average molecular weight is 371 g/mol. The van der Waals surface area contributed by atoms with E-state index in [0.29, 0.717) is 30.1 Å². The van der Waals surface area contributed by atoms with Gasteiger partial charge in [-0.1, -0.05) is 35.5 Å². The Morgan fingerprint density at radius 3 is 2.52 bits per heavy atom. The Hall–Kier alpha value is -1.80. The molecule has 0 unspecified atom stereocenters. The van der Waals surface area contributed by atoms with Crippen LogP contribution in [0.4, 0.5) is 0 Å². The Balaban J connectivity index is 1.34. The molecule has 1 N–H and O–H groups in total. The number of likely N-dealkylation sites (N-methyl/N-ethyl adjacent to an activating group) is 1. The molecule has 146 valence electrons. The lowest BCUT2D eigenvalue weighted by Crippen LogP contribution is -2.47. The zero-order chi connectivity index (χ0) is 18.6. The quantitative estimate of drug-likeness (QED) is 0.813. The molecular formula is C20H29N5O2. The molecule has 0 bridgehead atoms. The molecule has 2 aliphatic heterocycles. The third-order valence-corrected chi connectivity index (χ3v) is 5.83. The summed E-state index contributed by atoms with van der Waals surface area (Å²) in [5.41, 5.74) is 0.968. The molecule has 2 saturated heterocycles. The number of likely N-dealkylation sites (tertiary alicyclic amines) is 1. The number of rotatable bonds is 6. The van der Waals surface area contributed by atoms with Crippen LogP contribution in [0.3, 0.4) is 0 Å². The fraction of sp³-hybridized carbons (Fsp3) is 0.600. The Labute approximate surface area is 160 Å². The Kier molecular flexibility index (Phi) is 5.83. The van der Waals surface area contributed by atoms with E-state index in [1.54, 1.807) is 0 Å². The summed E-state index contributed by atoms with van der Waals surface area (Å²) >= 11 is 0. The number of aromatic nitrogens is 2. The van der Waals surface area contributed by atoms with Crippen molar-refractivity contribution in [3.8, 4) is 11.4 Å². The SMILES string of the molecule is CN1CCN(C[C@@H]2CN(Cc3nc(-c4ccccc4)no3)C[C@@H]2CO)CC1. The highest BCUT2D eigenvalue weighted by atomic mass is 16.5. The molecule has 1 aromatic carbocycles. The monoisotopic (exact) mass is 371 g/mol. The van der Waals surface area contributed by atoms with E-state index >= 15 is 0 Å². The number of hydrogen-bond donors (Lipinski definition) is 1. The zero-order valence-corrected chi connectivity index (χ0v) is 16.0. The van der Waals surface area contributed by atoms with E-state index in [-0.39, 0.29) is 6.61 Å². The lowest BCUT2D eigenvalue weighted by atomic mass is 9.96. The van der Waals surface area contributed by atoms with Crippen molar-refractivity contribution in [3.05, 3.63) is 36.2 Å². The van der Waals surface area contributed by atoms with E-state index < -0.39 is 0 Å². The average Bonchev–Trinajstić information content (AvgIpc) is 3.31. The lowest BCUT2D eigenvalue weighted by molar-refractivity contribution is 0.116. The van der Waals surface area contributed by atoms with Gasteiger partial charge < -0.3 is 19.4 Å². The van der Waals surface area contributed by atoms with Crippen LogP contribution in [0.15, 0.2) is 34.9 Å². The van der Waals surface area contributed by atoms with Gasteiger partial charge in [0, 0.05) is 58.0 Å². The van der Waals surface area contributed by atoms with Crippen molar-refractivity contribution in [2.45, 2.75) is 6.54 Å². The van der Waals surface area contributed by atoms with Crippen molar-refractivity contribution in [3.63, 3.8) is 0 Å². The minimum Gasteiger partial charge on any atom is -0.396 e. The van der Waals surface area contributed by atoms with Crippen LogP contribution < -0.4 is 0 Å². The van der Waals surface area contributed by atoms with Crippen molar-refractivity contribution in [1.29, 1.82) is 0 Å². The van der Waals surface area contributed by atoms with E-state index in [1.165, 1.54) is 0 Å². The van der Waals surface area contributed by atoms with Crippen LogP contribution in [0, 0.1) is 11.8 Å². The van der Waals surface area contributed by atoms with Gasteiger partial charge in [0.25, 0.3) is 0 Å². The summed E-state index contributed by atoms with van der Waals surface area (Å²) in [4.78, 5) is 11.8. The molecule has 0 radical (unpaired) electrons. The topological polar surface area (TPSA) is 68.9 Å². The molecule has 2 aromatic rings. The summed E-state index contributed by atoms with van der Waals surface area (Å²) < 4.78 is 5.47. The molecule has 1 aromatic heterocycles. The van der Waals surface area contributed by atoms with Gasteiger partial charge in [-0.3, -0.25) is 4.90 Å². The maximum atomic E-state index is 9.84. The van der Waals surface area contributed by atoms with E-state index in [1.807, 2.05) is 30.3 Å². The fourth-order valence-electron chi connectivity index (χ4n) is 4.16. The third kappa shape index (κ3) is 4.55. The molecule has 2 fully saturated rings. The molecule has 3 heterocycles. The standard InChI is InChI=1S/C20H29N5O2/c1-23-7-9-24(10-8-23)11-17-12-25(13-18(17)15-26)14-19-21-20(22-27-19)16-5-3-2-4-6-16/h2-6,17-18,26H,7-15H2,1H3/t17-,18-/m1/s1. The summed E-state index contributed by atoms with van der Waals surface area (Å²) in [5, 5.41) is 14.0. The van der Waals surface area contributed by atoms with Gasteiger partial charge in [0.2, 0.25) is 11.7 Å². The Morgan fingerprint density at radius 1 is 1.04 bits per heavy atom. The predicted octanol–water partition coefficient (Wildman–Crippen LogP) is 1.02. The molecule has 0 saturated carbocycles. The molecular weight excluding hydrogens is 342 g/mol. The van der Waals surface area contributed by atoms with Gasteiger partial charge >= 0.3 is 0 Å². The van der Waals surface area contributed by atoms with Gasteiger partial charge in [-0.15, -0.1) is 0 Å². The molecule has 0 aliphatic carbocycles. The van der Waals surface area contributed by atoms with Gasteiger partial charge in [0.15, 0.2) is 0 Å². The van der Waals surface area contributed by atoms with Crippen molar-refractivity contribution in [2.75, 3.05) is 59.5 Å². The first-order valence-corrected chi connectivity index (χ1v) is 9.83. The molecule has 2 aliphatic rings. The molecule has 7 nitrogen and oxygen atoms in total. The van der Waals surface area contributed by atoms with Gasteiger partial charge in [-0.05, 0) is 18.9 Å². The Morgan fingerprint density at radius 2 is 1.78 bits per heavy atom. The van der Waals surface area contributed by atoms with Crippen LogP contribution in [0.2, 0.25) is 0 Å². The van der Waals surface area contributed by atoms with E-state index in [0.717, 1.165) is 51.4 Å². The molecule has 27 heavy (non-hydrogen) atoms. The highest BCUT2D eigenvalue weighted by Crippen LogP contribution is 2.26. The van der Waals surface area contributed by atoms with E-state index in [4.69, 9.17) is 4.52 Å². The van der Waals surface area contributed by atoms with Crippen molar-refractivity contribution in [2.24, 2.45) is 11.8 Å². The lowest BCUT2D eigenvalue weighted by Gasteiger charge is -2.34. The second-order valence-electron chi connectivity index (χ2n) is 7.88. The molecule has 7 heteroatoms. The van der Waals surface area contributed by atoms with Crippen LogP contribution in [-0.2, 0) is 6.54 Å². The van der Waals surface area contributed by atoms with Crippen LogP contribution in [0.25, 0.3) is 11.4 Å². The maximum Gasteiger partial charge on any atom is 0.241 e. The minimum absolute atomic E-state index is 0.244. The van der Waals surface area contributed by atoms with E-state index in [9.17, 15) is 5.11 Å². The number of aliphatic hydroxyl groups excluding tert-OH is 1. The van der Waals surface area contributed by atoms with Gasteiger partial charge in [0.1, 0.15) is 0 Å². The smallest absolute Gasteiger partial charge is 0.241 e. The van der Waals surface area contributed by atoms with Gasteiger partial charge in [-0.2, -0.15) is 4.98 Å². The summed E-state index contributed by atoms with van der Waals surface area (Å²) in [6.45, 7) is 8.32. The summed E-state index contributed by atoms with van der Waals surface area (Å²) in [5.74, 6) is 2.10. The normalized spacial score (nSPS) is 25.3. The van der Waals surface area contributed by atoms with E-state index in [2.05, 4.69) is 31.9 Å². The molecule has 4 rings (SSSR count). The Bertz CT molecular complexity index is 714. The van der Waals surface area contributed by atoms with Crippen molar-refractivity contribution in [1.82, 2.24) is 24.8 Å². The number of piperazine rings is 1. The molecule has 0 spiro atoms. The van der Waals surface area contributed by atoms with Crippen LogP contribution in [-0.4, -0.2) is 89.4 Å². The number of benzene rings is 1. The summed E-state index contributed by atoms with van der Waals surface area (Å²) in [7, 11) is 2.18. The first kappa shape index (κ1) is 18.6. The zero-order valence-electron chi connectivity index (χ0n) is 16.0. The van der Waals surface area contributed by atoms with Gasteiger partial charge in [-0.25, -0.2) is 0 Å². The summed E-state index contributed by atoms with van der Waals surface area (Å²) in [6, 6.07) is 9.89. The fourth-order valence-corrected chi connectivity index (χ4v) is 4.16.